The first-order chi connectivity index (χ1) is 20.6. The summed E-state index contributed by atoms with van der Waals surface area (Å²) in [6.07, 6.45) is -0.736. The van der Waals surface area contributed by atoms with E-state index in [1.165, 1.54) is 34.6 Å². The molecule has 44 heavy (non-hydrogen) atoms. The number of carboxylic acids is 1. The predicted octanol–water partition coefficient (Wildman–Crippen LogP) is 4.92. The number of Topliss-reactive ketones (excluding diaryl/α,β-unsaturated/α-hetero) is 1. The fourth-order valence-corrected chi connectivity index (χ4v) is 6.37. The molecular formula is C32H35FN2O8S. The fourth-order valence-electron chi connectivity index (χ4n) is 4.76. The molecule has 0 radical (unpaired) electrons. The molecule has 4 rings (SSSR count). The lowest BCUT2D eigenvalue weighted by atomic mass is 9.87. The van der Waals surface area contributed by atoms with Gasteiger partial charge in [0.25, 0.3) is 0 Å². The molecule has 12 heteroatoms. The molecule has 1 amide bonds. The molecule has 0 unspecified atom stereocenters. The summed E-state index contributed by atoms with van der Waals surface area (Å²) in [7, 11) is -4.05. The second-order valence-electron chi connectivity index (χ2n) is 11.6. The smallest absolute Gasteiger partial charge is 0.408 e. The van der Waals surface area contributed by atoms with E-state index in [2.05, 4.69) is 5.32 Å². The Morgan fingerprint density at radius 2 is 1.66 bits per heavy atom. The Morgan fingerprint density at radius 3 is 2.23 bits per heavy atom. The van der Waals surface area contributed by atoms with Gasteiger partial charge < -0.3 is 19.9 Å². The molecule has 234 valence electrons. The van der Waals surface area contributed by atoms with Crippen LogP contribution >= 0.6 is 0 Å². The molecule has 1 fully saturated rings. The van der Waals surface area contributed by atoms with Gasteiger partial charge in [-0.3, -0.25) is 4.79 Å². The van der Waals surface area contributed by atoms with Gasteiger partial charge >= 0.3 is 12.1 Å². The second kappa shape index (κ2) is 12.7. The van der Waals surface area contributed by atoms with E-state index in [1.54, 1.807) is 70.2 Å². The first-order valence-electron chi connectivity index (χ1n) is 14.0. The quantitative estimate of drug-likeness (QED) is 0.286. The number of aliphatic carboxylic acids is 1. The van der Waals surface area contributed by atoms with Gasteiger partial charge in [-0.15, -0.1) is 0 Å². The van der Waals surface area contributed by atoms with Crippen molar-refractivity contribution in [1.82, 2.24) is 9.62 Å². The molecule has 1 saturated heterocycles. The highest BCUT2D eigenvalue weighted by atomic mass is 32.2. The molecule has 0 aliphatic carbocycles. The van der Waals surface area contributed by atoms with E-state index >= 15 is 0 Å². The Balaban J connectivity index is 1.54. The highest BCUT2D eigenvalue weighted by Crippen LogP contribution is 2.40. The molecule has 0 aromatic heterocycles. The topological polar surface area (TPSA) is 139 Å². The zero-order valence-electron chi connectivity index (χ0n) is 24.9. The third kappa shape index (κ3) is 7.61. The predicted molar refractivity (Wildman–Crippen MR) is 159 cm³/mol. The molecule has 0 spiro atoms. The van der Waals surface area contributed by atoms with Crippen LogP contribution in [0.3, 0.4) is 0 Å². The largest absolute Gasteiger partial charge is 0.480 e. The summed E-state index contributed by atoms with van der Waals surface area (Å²) in [4.78, 5) is 36.0. The number of alkyl carbamates (subject to hydrolysis) is 1. The minimum Gasteiger partial charge on any atom is -0.480 e. The highest BCUT2D eigenvalue weighted by molar-refractivity contribution is 7.89. The molecule has 0 saturated carbocycles. The highest BCUT2D eigenvalue weighted by Gasteiger charge is 2.52. The zero-order chi connectivity index (χ0) is 32.3. The monoisotopic (exact) mass is 626 g/mol. The maximum absolute atomic E-state index is 13.7. The van der Waals surface area contributed by atoms with Crippen molar-refractivity contribution in [2.45, 2.75) is 62.7 Å². The third-order valence-corrected chi connectivity index (χ3v) is 8.80. The van der Waals surface area contributed by atoms with Crippen LogP contribution < -0.4 is 10.1 Å². The number of hydrogen-bond donors (Lipinski definition) is 2. The number of nitrogens with one attached hydrogen (secondary N) is 1. The van der Waals surface area contributed by atoms with Gasteiger partial charge in [0, 0.05) is 18.4 Å². The molecule has 1 heterocycles. The maximum atomic E-state index is 13.7. The summed E-state index contributed by atoms with van der Waals surface area (Å²) in [6.45, 7) is 6.53. The molecule has 3 aromatic rings. The van der Waals surface area contributed by atoms with E-state index in [9.17, 15) is 32.3 Å². The molecule has 2 N–H and O–H groups in total. The van der Waals surface area contributed by atoms with Gasteiger partial charge in [0.2, 0.25) is 10.0 Å². The number of sulfonamides is 1. The SMILES string of the molecule is CCC(=O)c1ccc(OC2(c3ccc(F)cc3)CN(S(=O)(=O)c3cccc(C[C@H](NC(=O)OC(C)(C)C)C(=O)O)c3)C2)cc1. The number of ether oxygens (including phenoxy) is 2. The van der Waals surface area contributed by atoms with Crippen LogP contribution in [0.25, 0.3) is 0 Å². The lowest BCUT2D eigenvalue weighted by Gasteiger charge is -2.48. The van der Waals surface area contributed by atoms with Crippen LogP contribution in [0.5, 0.6) is 5.75 Å². The first kappa shape index (κ1) is 32.6. The van der Waals surface area contributed by atoms with Crippen molar-refractivity contribution < 1.29 is 41.8 Å². The van der Waals surface area contributed by atoms with Crippen molar-refractivity contribution >= 4 is 27.9 Å². The molecular weight excluding hydrogens is 591 g/mol. The van der Waals surface area contributed by atoms with Crippen LogP contribution in [0.2, 0.25) is 0 Å². The minimum absolute atomic E-state index is 0.0248. The Morgan fingerprint density at radius 1 is 1.02 bits per heavy atom. The molecule has 3 aromatic carbocycles. The van der Waals surface area contributed by atoms with Crippen molar-refractivity contribution in [3.05, 3.63) is 95.3 Å². The third-order valence-electron chi connectivity index (χ3n) is 7.01. The van der Waals surface area contributed by atoms with Crippen LogP contribution in [0.4, 0.5) is 9.18 Å². The van der Waals surface area contributed by atoms with E-state index in [0.29, 0.717) is 28.9 Å². The fraction of sp³-hybridized carbons (Fsp3) is 0.344. The Hall–Kier alpha value is -4.29. The van der Waals surface area contributed by atoms with Crippen molar-refractivity contribution in [3.63, 3.8) is 0 Å². The first-order valence-corrected chi connectivity index (χ1v) is 15.5. The summed E-state index contributed by atoms with van der Waals surface area (Å²) < 4.78 is 53.8. The van der Waals surface area contributed by atoms with Crippen LogP contribution in [0.1, 0.15) is 55.6 Å². The summed E-state index contributed by atoms with van der Waals surface area (Å²) in [5.41, 5.74) is -0.480. The number of benzene rings is 3. The second-order valence-corrected chi connectivity index (χ2v) is 13.5. The number of carbonyl (C=O) groups is 3. The Kier molecular flexibility index (Phi) is 9.45. The number of amides is 1. The lowest BCUT2D eigenvalue weighted by molar-refractivity contribution is -0.139. The molecule has 10 nitrogen and oxygen atoms in total. The van der Waals surface area contributed by atoms with Gasteiger partial charge in [0.1, 0.15) is 23.2 Å². The number of carboxylic acid groups (broad SMARTS) is 1. The van der Waals surface area contributed by atoms with Crippen LogP contribution in [0, 0.1) is 5.82 Å². The summed E-state index contributed by atoms with van der Waals surface area (Å²) in [5, 5.41) is 12.0. The van der Waals surface area contributed by atoms with Crippen molar-refractivity contribution in [2.24, 2.45) is 0 Å². The molecule has 1 atom stereocenters. The average molecular weight is 627 g/mol. The molecule has 1 aliphatic heterocycles. The zero-order valence-corrected chi connectivity index (χ0v) is 25.7. The van der Waals surface area contributed by atoms with Gasteiger partial charge in [-0.2, -0.15) is 4.31 Å². The normalized spacial score (nSPS) is 15.5. The number of carbonyl (C=O) groups excluding carboxylic acids is 2. The van der Waals surface area contributed by atoms with Crippen LogP contribution in [-0.2, 0) is 31.6 Å². The van der Waals surface area contributed by atoms with Crippen LogP contribution in [0.15, 0.2) is 77.7 Å². The molecule has 0 bridgehead atoms. The average Bonchev–Trinajstić information content (AvgIpc) is 2.94. The van der Waals surface area contributed by atoms with Crippen molar-refractivity contribution in [3.8, 4) is 5.75 Å². The lowest BCUT2D eigenvalue weighted by Crippen LogP contribution is -2.64. The summed E-state index contributed by atoms with van der Waals surface area (Å²) >= 11 is 0. The van der Waals surface area contributed by atoms with Gasteiger partial charge in [-0.05, 0) is 80.4 Å². The van der Waals surface area contributed by atoms with Gasteiger partial charge in [0.05, 0.1) is 18.0 Å². The summed E-state index contributed by atoms with van der Waals surface area (Å²) in [5.74, 6) is -1.37. The van der Waals surface area contributed by atoms with E-state index in [0.717, 1.165) is 0 Å². The number of hydrogen-bond acceptors (Lipinski definition) is 7. The number of ketones is 1. The Bertz CT molecular complexity index is 1630. The molecule has 1 aliphatic rings. The van der Waals surface area contributed by atoms with E-state index < -0.39 is 45.1 Å². The van der Waals surface area contributed by atoms with Gasteiger partial charge in [-0.1, -0.05) is 31.2 Å². The number of nitrogens with zero attached hydrogens (tertiary/aromatic N) is 1. The van der Waals surface area contributed by atoms with E-state index in [1.807, 2.05) is 0 Å². The van der Waals surface area contributed by atoms with Crippen molar-refractivity contribution in [1.29, 1.82) is 0 Å². The standard InChI is InChI=1S/C32H35FN2O8S/c1-5-28(36)22-9-15-25(16-10-22)42-32(23-11-13-24(33)14-12-23)19-35(20-32)44(40,41)26-8-6-7-21(17-26)18-27(29(37)38)34-30(39)43-31(2,3)4/h6-17,27H,5,18-20H2,1-4H3,(H,34,39)(H,37,38)/t27-/m0/s1. The maximum Gasteiger partial charge on any atom is 0.408 e. The van der Waals surface area contributed by atoms with Crippen molar-refractivity contribution in [2.75, 3.05) is 13.1 Å². The summed E-state index contributed by atoms with van der Waals surface area (Å²) in [6, 6.07) is 16.7. The number of rotatable bonds is 11. The van der Waals surface area contributed by atoms with E-state index in [4.69, 9.17) is 9.47 Å². The van der Waals surface area contributed by atoms with Gasteiger partial charge in [0.15, 0.2) is 11.4 Å². The Labute approximate surface area is 255 Å². The number of halogens is 1. The van der Waals surface area contributed by atoms with Crippen LogP contribution in [-0.4, -0.2) is 60.4 Å². The minimum atomic E-state index is -4.05. The van der Waals surface area contributed by atoms with Gasteiger partial charge in [-0.25, -0.2) is 22.4 Å². The van der Waals surface area contributed by atoms with E-state index in [-0.39, 0.29) is 30.2 Å².